The van der Waals surface area contributed by atoms with E-state index in [1.54, 1.807) is 12.4 Å². The van der Waals surface area contributed by atoms with Crippen LogP contribution < -0.4 is 0 Å². The van der Waals surface area contributed by atoms with Gasteiger partial charge >= 0.3 is 0 Å². The normalized spacial score (nSPS) is 19.6. The average molecular weight is 305 g/mol. The van der Waals surface area contributed by atoms with Crippen LogP contribution in [0.15, 0.2) is 12.4 Å². The van der Waals surface area contributed by atoms with Gasteiger partial charge in [0.05, 0.1) is 22.8 Å². The molecule has 1 saturated heterocycles. The zero-order valence-electron chi connectivity index (χ0n) is 10.6. The van der Waals surface area contributed by atoms with E-state index in [2.05, 4.69) is 9.88 Å². The Morgan fingerprint density at radius 1 is 1.26 bits per heavy atom. The number of hydrogen-bond acceptors (Lipinski definition) is 4. The number of rotatable bonds is 4. The second-order valence-corrected chi connectivity index (χ2v) is 5.76. The first-order valence-electron chi connectivity index (χ1n) is 6.41. The molecule has 0 aliphatic carbocycles. The van der Waals surface area contributed by atoms with Crippen molar-refractivity contribution >= 4 is 23.2 Å². The van der Waals surface area contributed by atoms with Crippen molar-refractivity contribution in [3.05, 3.63) is 28.0 Å². The number of likely N-dealkylation sites (tertiary alicyclic amines) is 1. The number of pyridine rings is 1. The van der Waals surface area contributed by atoms with Crippen molar-refractivity contribution in [2.24, 2.45) is 5.92 Å². The first-order chi connectivity index (χ1) is 9.11. The van der Waals surface area contributed by atoms with Crippen molar-refractivity contribution in [3.8, 4) is 0 Å². The summed E-state index contributed by atoms with van der Waals surface area (Å²) in [6.07, 6.45) is 4.36. The highest BCUT2D eigenvalue weighted by Crippen LogP contribution is 2.27. The molecule has 1 aliphatic rings. The molecule has 2 heterocycles. The first kappa shape index (κ1) is 15.0. The van der Waals surface area contributed by atoms with E-state index in [1.807, 2.05) is 0 Å². The largest absolute Gasteiger partial charge is 0.394 e. The van der Waals surface area contributed by atoms with Gasteiger partial charge in [-0.3, -0.25) is 9.88 Å². The van der Waals surface area contributed by atoms with Crippen LogP contribution in [0.25, 0.3) is 0 Å². The van der Waals surface area contributed by atoms with Crippen LogP contribution in [0.5, 0.6) is 0 Å². The Bertz CT molecular complexity index is 403. The number of hydrogen-bond donors (Lipinski definition) is 2. The minimum absolute atomic E-state index is 0.160. The lowest BCUT2D eigenvalue weighted by atomic mass is 9.91. The molecule has 1 fully saturated rings. The summed E-state index contributed by atoms with van der Waals surface area (Å²) < 4.78 is 0. The SMILES string of the molecule is OCC(O)C1CCN(Cc2c(Cl)cncc2Cl)CC1. The van der Waals surface area contributed by atoms with Crippen molar-refractivity contribution in [3.63, 3.8) is 0 Å². The highest BCUT2D eigenvalue weighted by atomic mass is 35.5. The molecule has 4 nitrogen and oxygen atoms in total. The van der Waals surface area contributed by atoms with E-state index in [9.17, 15) is 5.11 Å². The van der Waals surface area contributed by atoms with Crippen molar-refractivity contribution in [1.82, 2.24) is 9.88 Å². The molecule has 2 N–H and O–H groups in total. The van der Waals surface area contributed by atoms with E-state index < -0.39 is 6.10 Å². The van der Waals surface area contributed by atoms with Gasteiger partial charge in [-0.2, -0.15) is 0 Å². The maximum Gasteiger partial charge on any atom is 0.0799 e. The van der Waals surface area contributed by atoms with Gasteiger partial charge in [-0.1, -0.05) is 23.2 Å². The fourth-order valence-corrected chi connectivity index (χ4v) is 2.94. The Morgan fingerprint density at radius 2 is 1.84 bits per heavy atom. The van der Waals surface area contributed by atoms with Gasteiger partial charge in [-0.25, -0.2) is 0 Å². The Labute approximate surface area is 123 Å². The average Bonchev–Trinajstić information content (AvgIpc) is 2.43. The molecule has 0 bridgehead atoms. The Balaban J connectivity index is 1.92. The van der Waals surface area contributed by atoms with Crippen LogP contribution in [0, 0.1) is 5.92 Å². The highest BCUT2D eigenvalue weighted by Gasteiger charge is 2.25. The quantitative estimate of drug-likeness (QED) is 0.893. The summed E-state index contributed by atoms with van der Waals surface area (Å²) in [4.78, 5) is 6.20. The van der Waals surface area contributed by atoms with Crippen molar-refractivity contribution in [2.75, 3.05) is 19.7 Å². The minimum atomic E-state index is -0.602. The van der Waals surface area contributed by atoms with Gasteiger partial charge in [-0.05, 0) is 31.8 Å². The van der Waals surface area contributed by atoms with Crippen molar-refractivity contribution in [2.45, 2.75) is 25.5 Å². The maximum absolute atomic E-state index is 9.63. The molecular weight excluding hydrogens is 287 g/mol. The summed E-state index contributed by atoms with van der Waals surface area (Å²) in [6, 6.07) is 0. The predicted octanol–water partition coefficient (Wildman–Crippen LogP) is 1.95. The summed E-state index contributed by atoms with van der Waals surface area (Å²) in [5, 5.41) is 19.8. The standard InChI is InChI=1S/C13H18Cl2N2O2/c14-11-5-16-6-12(15)10(11)7-17-3-1-9(2-4-17)13(19)8-18/h5-6,9,13,18-19H,1-4,7-8H2. The highest BCUT2D eigenvalue weighted by molar-refractivity contribution is 6.35. The Morgan fingerprint density at radius 3 is 2.37 bits per heavy atom. The molecule has 19 heavy (non-hydrogen) atoms. The summed E-state index contributed by atoms with van der Waals surface area (Å²) in [7, 11) is 0. The number of halogens is 2. The smallest absolute Gasteiger partial charge is 0.0799 e. The van der Waals surface area contributed by atoms with Gasteiger partial charge in [0.15, 0.2) is 0 Å². The number of nitrogens with zero attached hydrogens (tertiary/aromatic N) is 2. The molecule has 0 radical (unpaired) electrons. The summed E-state index contributed by atoms with van der Waals surface area (Å²) >= 11 is 12.2. The lowest BCUT2D eigenvalue weighted by molar-refractivity contribution is 0.0172. The Kier molecular flexibility index (Phi) is 5.42. The van der Waals surface area contributed by atoms with Crippen LogP contribution in [0.2, 0.25) is 10.0 Å². The predicted molar refractivity (Wildman–Crippen MR) is 75.4 cm³/mol. The van der Waals surface area contributed by atoms with Gasteiger partial charge in [-0.15, -0.1) is 0 Å². The molecule has 0 aromatic carbocycles. The summed E-state index contributed by atoms with van der Waals surface area (Å²) in [5.41, 5.74) is 0.902. The first-order valence-corrected chi connectivity index (χ1v) is 7.16. The van der Waals surface area contributed by atoms with Gasteiger partial charge in [0, 0.05) is 24.5 Å². The molecule has 1 atom stereocenters. The topological polar surface area (TPSA) is 56.6 Å². The lowest BCUT2D eigenvalue weighted by Gasteiger charge is -2.33. The van der Waals surface area contributed by atoms with E-state index in [0.29, 0.717) is 16.6 Å². The molecule has 106 valence electrons. The molecule has 0 amide bonds. The number of piperidine rings is 1. The molecule has 1 unspecified atom stereocenters. The van der Waals surface area contributed by atoms with Crippen LogP contribution in [-0.4, -0.2) is 45.9 Å². The van der Waals surface area contributed by atoms with E-state index in [1.165, 1.54) is 0 Å². The molecule has 1 aromatic rings. The van der Waals surface area contributed by atoms with E-state index >= 15 is 0 Å². The molecular formula is C13H18Cl2N2O2. The lowest BCUT2D eigenvalue weighted by Crippen LogP contribution is -2.38. The Hall–Kier alpha value is -0.390. The molecule has 2 rings (SSSR count). The minimum Gasteiger partial charge on any atom is -0.394 e. The van der Waals surface area contributed by atoms with Gasteiger partial charge in [0.1, 0.15) is 0 Å². The van der Waals surface area contributed by atoms with Crippen LogP contribution in [0.3, 0.4) is 0 Å². The molecule has 1 aliphatic heterocycles. The van der Waals surface area contributed by atoms with Gasteiger partial charge in [0.2, 0.25) is 0 Å². The van der Waals surface area contributed by atoms with E-state index in [0.717, 1.165) is 31.5 Å². The second-order valence-electron chi connectivity index (χ2n) is 4.95. The van der Waals surface area contributed by atoms with Crippen LogP contribution >= 0.6 is 23.2 Å². The van der Waals surface area contributed by atoms with Crippen LogP contribution in [-0.2, 0) is 6.54 Å². The van der Waals surface area contributed by atoms with Gasteiger partial charge < -0.3 is 10.2 Å². The van der Waals surface area contributed by atoms with E-state index in [4.69, 9.17) is 28.3 Å². The zero-order valence-corrected chi connectivity index (χ0v) is 12.1. The summed E-state index contributed by atoms with van der Waals surface area (Å²) in [5.74, 6) is 0.185. The number of aliphatic hydroxyl groups excluding tert-OH is 2. The third-order valence-corrected chi connectivity index (χ3v) is 4.35. The third kappa shape index (κ3) is 3.80. The second kappa shape index (κ2) is 6.86. The third-order valence-electron chi connectivity index (χ3n) is 3.70. The molecule has 0 spiro atoms. The van der Waals surface area contributed by atoms with Crippen LogP contribution in [0.1, 0.15) is 18.4 Å². The summed E-state index contributed by atoms with van der Waals surface area (Å²) in [6.45, 7) is 2.28. The van der Waals surface area contributed by atoms with Crippen LogP contribution in [0.4, 0.5) is 0 Å². The fraction of sp³-hybridized carbons (Fsp3) is 0.615. The molecule has 0 saturated carbocycles. The van der Waals surface area contributed by atoms with E-state index in [-0.39, 0.29) is 12.5 Å². The molecule has 6 heteroatoms. The monoisotopic (exact) mass is 304 g/mol. The molecule has 1 aromatic heterocycles. The maximum atomic E-state index is 9.63. The fourth-order valence-electron chi connectivity index (χ4n) is 2.46. The zero-order chi connectivity index (χ0) is 13.8. The van der Waals surface area contributed by atoms with Crippen molar-refractivity contribution < 1.29 is 10.2 Å². The number of aromatic nitrogens is 1. The van der Waals surface area contributed by atoms with Crippen molar-refractivity contribution in [1.29, 1.82) is 0 Å². The van der Waals surface area contributed by atoms with Gasteiger partial charge in [0.25, 0.3) is 0 Å². The number of aliphatic hydroxyl groups is 2.